The first-order valence-electron chi connectivity index (χ1n) is 4.21. The van der Waals surface area contributed by atoms with Crippen LogP contribution in [0.25, 0.3) is 0 Å². The van der Waals surface area contributed by atoms with Gasteiger partial charge in [-0.3, -0.25) is 4.79 Å². The number of fused-ring (bicyclic) bond motifs is 1. The van der Waals surface area contributed by atoms with Crippen molar-refractivity contribution in [3.8, 4) is 0 Å². The molecule has 1 aromatic heterocycles. The number of anilines is 1. The zero-order valence-electron chi connectivity index (χ0n) is 7.33. The van der Waals surface area contributed by atoms with Crippen LogP contribution in [0.3, 0.4) is 0 Å². The first-order chi connectivity index (χ1) is 6.29. The van der Waals surface area contributed by atoms with Crippen molar-refractivity contribution in [1.82, 2.24) is 4.98 Å². The van der Waals surface area contributed by atoms with Gasteiger partial charge in [-0.1, -0.05) is 18.7 Å². The third-order valence-corrected chi connectivity index (χ3v) is 2.94. The van der Waals surface area contributed by atoms with Crippen molar-refractivity contribution in [2.45, 2.75) is 18.4 Å². The van der Waals surface area contributed by atoms with Gasteiger partial charge in [0.25, 0.3) is 0 Å². The summed E-state index contributed by atoms with van der Waals surface area (Å²) in [5, 5.41) is 3.74. The van der Waals surface area contributed by atoms with Gasteiger partial charge in [0.2, 0.25) is 5.91 Å². The molecule has 0 saturated heterocycles. The van der Waals surface area contributed by atoms with Crippen molar-refractivity contribution in [2.75, 3.05) is 11.1 Å². The second-order valence-corrected chi connectivity index (χ2v) is 3.85. The standard InChI is InChI=1S/C9H10N2OS/c1-2-6-3-7-9(10-4-6)13-5-8(12)11-7/h3-4H,2,5H2,1H3,(H,11,12). The van der Waals surface area contributed by atoms with Crippen LogP contribution in [0.2, 0.25) is 0 Å². The molecule has 0 spiro atoms. The monoisotopic (exact) mass is 194 g/mol. The van der Waals surface area contributed by atoms with Crippen LogP contribution in [0.5, 0.6) is 0 Å². The van der Waals surface area contributed by atoms with E-state index < -0.39 is 0 Å². The van der Waals surface area contributed by atoms with E-state index in [1.54, 1.807) is 0 Å². The lowest BCUT2D eigenvalue weighted by atomic mass is 10.2. The van der Waals surface area contributed by atoms with Crippen LogP contribution in [-0.4, -0.2) is 16.6 Å². The Morgan fingerprint density at radius 1 is 1.69 bits per heavy atom. The molecular formula is C9H10N2OS. The molecule has 3 nitrogen and oxygen atoms in total. The Morgan fingerprint density at radius 3 is 3.31 bits per heavy atom. The Balaban J connectivity index is 2.38. The van der Waals surface area contributed by atoms with Gasteiger partial charge in [-0.25, -0.2) is 4.98 Å². The van der Waals surface area contributed by atoms with E-state index in [2.05, 4.69) is 17.2 Å². The number of thioether (sulfide) groups is 1. The summed E-state index contributed by atoms with van der Waals surface area (Å²) in [4.78, 5) is 15.3. The lowest BCUT2D eigenvalue weighted by Gasteiger charge is -2.15. The Morgan fingerprint density at radius 2 is 2.54 bits per heavy atom. The summed E-state index contributed by atoms with van der Waals surface area (Å²) < 4.78 is 0. The van der Waals surface area contributed by atoms with E-state index in [4.69, 9.17) is 0 Å². The number of amides is 1. The van der Waals surface area contributed by atoms with Crippen molar-refractivity contribution in [2.24, 2.45) is 0 Å². The van der Waals surface area contributed by atoms with Gasteiger partial charge in [-0.15, -0.1) is 0 Å². The van der Waals surface area contributed by atoms with Gasteiger partial charge in [0.05, 0.1) is 11.4 Å². The second kappa shape index (κ2) is 3.38. The number of nitrogens with zero attached hydrogens (tertiary/aromatic N) is 1. The molecule has 2 rings (SSSR count). The molecule has 0 radical (unpaired) electrons. The summed E-state index contributed by atoms with van der Waals surface area (Å²) in [6.07, 6.45) is 2.81. The molecular weight excluding hydrogens is 184 g/mol. The Kier molecular flexibility index (Phi) is 2.22. The summed E-state index contributed by atoms with van der Waals surface area (Å²) in [6, 6.07) is 1.99. The fourth-order valence-electron chi connectivity index (χ4n) is 1.21. The first-order valence-corrected chi connectivity index (χ1v) is 5.19. The molecule has 1 N–H and O–H groups in total. The van der Waals surface area contributed by atoms with Crippen LogP contribution in [0.15, 0.2) is 17.3 Å². The van der Waals surface area contributed by atoms with Crippen molar-refractivity contribution >= 4 is 23.4 Å². The maximum atomic E-state index is 11.1. The molecule has 0 aliphatic carbocycles. The predicted octanol–water partition coefficient (Wildman–Crippen LogP) is 1.69. The van der Waals surface area contributed by atoms with Gasteiger partial charge >= 0.3 is 0 Å². The van der Waals surface area contributed by atoms with Crippen molar-refractivity contribution in [3.63, 3.8) is 0 Å². The van der Waals surface area contributed by atoms with E-state index in [0.29, 0.717) is 5.75 Å². The number of hydrogen-bond donors (Lipinski definition) is 1. The van der Waals surface area contributed by atoms with E-state index in [-0.39, 0.29) is 5.91 Å². The molecule has 1 aliphatic rings. The van der Waals surface area contributed by atoms with Gasteiger partial charge in [0.15, 0.2) is 0 Å². The van der Waals surface area contributed by atoms with Crippen molar-refractivity contribution in [1.29, 1.82) is 0 Å². The molecule has 0 aromatic carbocycles. The van der Waals surface area contributed by atoms with Crippen LogP contribution in [0.1, 0.15) is 12.5 Å². The number of rotatable bonds is 1. The third kappa shape index (κ3) is 1.67. The van der Waals surface area contributed by atoms with Crippen LogP contribution in [0.4, 0.5) is 5.69 Å². The molecule has 0 fully saturated rings. The van der Waals surface area contributed by atoms with Crippen LogP contribution in [-0.2, 0) is 11.2 Å². The molecule has 68 valence electrons. The number of carbonyl (C=O) groups is 1. The molecule has 4 heteroatoms. The smallest absolute Gasteiger partial charge is 0.234 e. The van der Waals surface area contributed by atoms with Crippen LogP contribution < -0.4 is 5.32 Å². The Bertz CT molecular complexity index is 351. The van der Waals surface area contributed by atoms with E-state index in [1.165, 1.54) is 11.8 Å². The highest BCUT2D eigenvalue weighted by molar-refractivity contribution is 8.00. The SMILES string of the molecule is CCc1cnc2c(c1)NC(=O)CS2. The second-order valence-electron chi connectivity index (χ2n) is 2.89. The Hall–Kier alpha value is -1.03. The fourth-order valence-corrected chi connectivity index (χ4v) is 1.95. The maximum Gasteiger partial charge on any atom is 0.234 e. The molecule has 2 heterocycles. The highest BCUT2D eigenvalue weighted by Gasteiger charge is 2.16. The van der Waals surface area contributed by atoms with Crippen LogP contribution >= 0.6 is 11.8 Å². The van der Waals surface area contributed by atoms with Gasteiger partial charge in [0, 0.05) is 6.20 Å². The van der Waals surface area contributed by atoms with Gasteiger partial charge < -0.3 is 5.32 Å². The van der Waals surface area contributed by atoms with Gasteiger partial charge in [-0.2, -0.15) is 0 Å². The lowest BCUT2D eigenvalue weighted by Crippen LogP contribution is -2.19. The summed E-state index contributed by atoms with van der Waals surface area (Å²) in [5.74, 6) is 0.540. The largest absolute Gasteiger partial charge is 0.323 e. The number of pyridine rings is 1. The van der Waals surface area contributed by atoms with Crippen molar-refractivity contribution < 1.29 is 4.79 Å². The maximum absolute atomic E-state index is 11.1. The number of aromatic nitrogens is 1. The zero-order valence-corrected chi connectivity index (χ0v) is 8.15. The summed E-state index contributed by atoms with van der Waals surface area (Å²) in [7, 11) is 0. The number of hydrogen-bond acceptors (Lipinski definition) is 3. The fraction of sp³-hybridized carbons (Fsp3) is 0.333. The van der Waals surface area contributed by atoms with E-state index in [1.807, 2.05) is 12.3 Å². The predicted molar refractivity (Wildman–Crippen MR) is 53.0 cm³/mol. The highest BCUT2D eigenvalue weighted by Crippen LogP contribution is 2.29. The van der Waals surface area contributed by atoms with E-state index in [9.17, 15) is 4.79 Å². The molecule has 1 aromatic rings. The van der Waals surface area contributed by atoms with Gasteiger partial charge in [0.1, 0.15) is 5.03 Å². The quantitative estimate of drug-likeness (QED) is 0.739. The van der Waals surface area contributed by atoms with E-state index >= 15 is 0 Å². The minimum atomic E-state index is 0.0625. The normalized spacial score (nSPS) is 15.0. The molecule has 1 aliphatic heterocycles. The minimum absolute atomic E-state index is 0.0625. The van der Waals surface area contributed by atoms with E-state index in [0.717, 1.165) is 22.7 Å². The third-order valence-electron chi connectivity index (χ3n) is 1.93. The molecule has 0 atom stereocenters. The summed E-state index contributed by atoms with van der Waals surface area (Å²) >= 11 is 1.49. The molecule has 13 heavy (non-hydrogen) atoms. The van der Waals surface area contributed by atoms with Crippen molar-refractivity contribution in [3.05, 3.63) is 17.8 Å². The molecule has 1 amide bonds. The molecule has 0 bridgehead atoms. The number of carbonyl (C=O) groups excluding carboxylic acids is 1. The average Bonchev–Trinajstić information content (AvgIpc) is 2.16. The number of nitrogens with one attached hydrogen (secondary N) is 1. The molecule has 0 saturated carbocycles. The topological polar surface area (TPSA) is 42.0 Å². The average molecular weight is 194 g/mol. The van der Waals surface area contributed by atoms with Gasteiger partial charge in [-0.05, 0) is 18.1 Å². The zero-order chi connectivity index (χ0) is 9.26. The summed E-state index contributed by atoms with van der Waals surface area (Å²) in [6.45, 7) is 2.07. The van der Waals surface area contributed by atoms with Crippen LogP contribution in [0, 0.1) is 0 Å². The molecule has 0 unspecified atom stereocenters. The first kappa shape index (κ1) is 8.56. The Labute approximate surface area is 80.9 Å². The number of aryl methyl sites for hydroxylation is 1. The minimum Gasteiger partial charge on any atom is -0.323 e. The highest BCUT2D eigenvalue weighted by atomic mass is 32.2. The summed E-state index contributed by atoms with van der Waals surface area (Å²) in [5.41, 5.74) is 2.02. The lowest BCUT2D eigenvalue weighted by molar-refractivity contribution is -0.113.